The van der Waals surface area contributed by atoms with Crippen molar-refractivity contribution >= 4 is 11.7 Å². The van der Waals surface area contributed by atoms with Crippen LogP contribution >= 0.6 is 0 Å². The number of benzene rings is 2. The summed E-state index contributed by atoms with van der Waals surface area (Å²) in [7, 11) is 0. The van der Waals surface area contributed by atoms with Crippen LogP contribution in [0.4, 0.5) is 5.69 Å². The smallest absolute Gasteiger partial charge is 0.313 e. The van der Waals surface area contributed by atoms with Gasteiger partial charge in [-0.25, -0.2) is 0 Å². The second-order valence-corrected chi connectivity index (χ2v) is 5.06. The number of anilines is 1. The van der Waals surface area contributed by atoms with E-state index < -0.39 is 11.9 Å². The van der Waals surface area contributed by atoms with Crippen LogP contribution in [0, 0.1) is 5.92 Å². The van der Waals surface area contributed by atoms with Gasteiger partial charge in [-0.05, 0) is 24.6 Å². The first-order chi connectivity index (χ1) is 10.1. The zero-order chi connectivity index (χ0) is 15.2. The maximum absolute atomic E-state index is 11.6. The van der Waals surface area contributed by atoms with Gasteiger partial charge < -0.3 is 10.4 Å². The Morgan fingerprint density at radius 1 is 1.05 bits per heavy atom. The monoisotopic (exact) mass is 281 g/mol. The number of para-hydroxylation sites is 1. The highest BCUT2D eigenvalue weighted by atomic mass is 16.4. The largest absolute Gasteiger partial charge is 0.481 e. The maximum Gasteiger partial charge on any atom is 0.313 e. The molecule has 2 unspecified atom stereocenters. The van der Waals surface area contributed by atoms with E-state index in [-0.39, 0.29) is 6.04 Å². The molecule has 0 aliphatic heterocycles. The summed E-state index contributed by atoms with van der Waals surface area (Å²) in [6.45, 7) is 5.60. The molecule has 0 amide bonds. The van der Waals surface area contributed by atoms with E-state index in [0.29, 0.717) is 5.57 Å². The highest BCUT2D eigenvalue weighted by Crippen LogP contribution is 2.31. The minimum atomic E-state index is -0.875. The van der Waals surface area contributed by atoms with E-state index in [2.05, 4.69) is 11.9 Å². The predicted molar refractivity (Wildman–Crippen MR) is 85.2 cm³/mol. The molecule has 0 spiro atoms. The summed E-state index contributed by atoms with van der Waals surface area (Å²) in [5.74, 6) is -1.56. The van der Waals surface area contributed by atoms with E-state index in [0.717, 1.165) is 11.3 Å². The Kier molecular flexibility index (Phi) is 4.77. The summed E-state index contributed by atoms with van der Waals surface area (Å²) in [6, 6.07) is 18.8. The minimum absolute atomic E-state index is 0.358. The van der Waals surface area contributed by atoms with Crippen LogP contribution in [0.25, 0.3) is 0 Å². The second kappa shape index (κ2) is 6.75. The van der Waals surface area contributed by atoms with Crippen LogP contribution in [0.3, 0.4) is 0 Å². The number of rotatable bonds is 6. The summed E-state index contributed by atoms with van der Waals surface area (Å²) in [5, 5.41) is 12.9. The van der Waals surface area contributed by atoms with Gasteiger partial charge in [-0.15, -0.1) is 0 Å². The summed E-state index contributed by atoms with van der Waals surface area (Å²) < 4.78 is 0. The number of aliphatic carboxylic acids is 1. The molecule has 0 saturated heterocycles. The van der Waals surface area contributed by atoms with Gasteiger partial charge >= 0.3 is 5.97 Å². The number of hydrogen-bond donors (Lipinski definition) is 2. The highest BCUT2D eigenvalue weighted by molar-refractivity contribution is 5.75. The van der Waals surface area contributed by atoms with Gasteiger partial charge in [-0.2, -0.15) is 0 Å². The molecule has 0 aromatic heterocycles. The van der Waals surface area contributed by atoms with Crippen LogP contribution in [0.2, 0.25) is 0 Å². The van der Waals surface area contributed by atoms with Crippen molar-refractivity contribution in [3.63, 3.8) is 0 Å². The Hall–Kier alpha value is -2.55. The molecular weight excluding hydrogens is 262 g/mol. The lowest BCUT2D eigenvalue weighted by atomic mass is 9.88. The SMILES string of the molecule is C=C(C)C(C(=O)O)C(Nc1ccccc1)c1ccccc1. The van der Waals surface area contributed by atoms with Crippen molar-refractivity contribution < 1.29 is 9.90 Å². The number of carboxylic acid groups (broad SMARTS) is 1. The second-order valence-electron chi connectivity index (χ2n) is 5.06. The zero-order valence-electron chi connectivity index (χ0n) is 12.0. The molecular formula is C18H19NO2. The standard InChI is InChI=1S/C18H19NO2/c1-13(2)16(18(20)21)17(14-9-5-3-6-10-14)19-15-11-7-4-8-12-15/h3-12,16-17,19H,1H2,2H3,(H,20,21). The topological polar surface area (TPSA) is 49.3 Å². The first-order valence-electron chi connectivity index (χ1n) is 6.84. The van der Waals surface area contributed by atoms with Crippen molar-refractivity contribution in [1.82, 2.24) is 0 Å². The van der Waals surface area contributed by atoms with Crippen LogP contribution in [-0.4, -0.2) is 11.1 Å². The van der Waals surface area contributed by atoms with E-state index in [4.69, 9.17) is 0 Å². The fourth-order valence-electron chi connectivity index (χ4n) is 2.37. The number of nitrogens with one attached hydrogen (secondary N) is 1. The van der Waals surface area contributed by atoms with E-state index in [9.17, 15) is 9.90 Å². The summed E-state index contributed by atoms with van der Waals surface area (Å²) in [6.07, 6.45) is 0. The number of carboxylic acids is 1. The Morgan fingerprint density at radius 3 is 2.05 bits per heavy atom. The van der Waals surface area contributed by atoms with Crippen LogP contribution in [-0.2, 0) is 4.79 Å². The molecule has 21 heavy (non-hydrogen) atoms. The lowest BCUT2D eigenvalue weighted by molar-refractivity contribution is -0.140. The molecule has 2 atom stereocenters. The van der Waals surface area contributed by atoms with Gasteiger partial charge in [0.05, 0.1) is 6.04 Å². The average Bonchev–Trinajstić information content (AvgIpc) is 2.48. The molecule has 2 aromatic rings. The molecule has 2 aromatic carbocycles. The van der Waals surface area contributed by atoms with E-state index in [1.165, 1.54) is 0 Å². The Morgan fingerprint density at radius 2 is 1.57 bits per heavy atom. The molecule has 108 valence electrons. The van der Waals surface area contributed by atoms with Gasteiger partial charge in [-0.3, -0.25) is 4.79 Å². The summed E-state index contributed by atoms with van der Waals surface area (Å²) >= 11 is 0. The molecule has 0 fully saturated rings. The van der Waals surface area contributed by atoms with Crippen molar-refractivity contribution in [3.8, 4) is 0 Å². The molecule has 3 heteroatoms. The van der Waals surface area contributed by atoms with Crippen LogP contribution < -0.4 is 5.32 Å². The first kappa shape index (κ1) is 14.9. The van der Waals surface area contributed by atoms with Gasteiger partial charge in [0.2, 0.25) is 0 Å². The summed E-state index contributed by atoms with van der Waals surface area (Å²) in [5.41, 5.74) is 2.44. The van der Waals surface area contributed by atoms with E-state index in [1.807, 2.05) is 60.7 Å². The fourth-order valence-corrected chi connectivity index (χ4v) is 2.37. The molecule has 2 N–H and O–H groups in total. The molecule has 0 aliphatic rings. The molecule has 0 aliphatic carbocycles. The molecule has 0 bridgehead atoms. The van der Waals surface area contributed by atoms with E-state index in [1.54, 1.807) is 6.92 Å². The lowest BCUT2D eigenvalue weighted by Gasteiger charge is -2.27. The van der Waals surface area contributed by atoms with Gasteiger partial charge in [-0.1, -0.05) is 60.7 Å². The van der Waals surface area contributed by atoms with Crippen molar-refractivity contribution in [3.05, 3.63) is 78.4 Å². The highest BCUT2D eigenvalue weighted by Gasteiger charge is 2.30. The molecule has 0 radical (unpaired) electrons. The third-order valence-corrected chi connectivity index (χ3v) is 3.38. The van der Waals surface area contributed by atoms with Crippen LogP contribution in [0.15, 0.2) is 72.8 Å². The lowest BCUT2D eigenvalue weighted by Crippen LogP contribution is -2.28. The molecule has 2 rings (SSSR count). The first-order valence-corrected chi connectivity index (χ1v) is 6.84. The number of hydrogen-bond acceptors (Lipinski definition) is 2. The molecule has 0 heterocycles. The van der Waals surface area contributed by atoms with Gasteiger partial charge in [0, 0.05) is 5.69 Å². The van der Waals surface area contributed by atoms with Crippen molar-refractivity contribution in [2.45, 2.75) is 13.0 Å². The minimum Gasteiger partial charge on any atom is -0.481 e. The summed E-state index contributed by atoms with van der Waals surface area (Å²) in [4.78, 5) is 11.6. The van der Waals surface area contributed by atoms with Crippen molar-refractivity contribution in [1.29, 1.82) is 0 Å². The third-order valence-electron chi connectivity index (χ3n) is 3.38. The zero-order valence-corrected chi connectivity index (χ0v) is 12.0. The van der Waals surface area contributed by atoms with Gasteiger partial charge in [0.1, 0.15) is 5.92 Å². The molecule has 0 saturated carbocycles. The van der Waals surface area contributed by atoms with Gasteiger partial charge in [0.15, 0.2) is 0 Å². The van der Waals surface area contributed by atoms with E-state index >= 15 is 0 Å². The number of carbonyl (C=O) groups is 1. The normalized spacial score (nSPS) is 13.2. The Labute approximate surface area is 124 Å². The Bertz CT molecular complexity index is 594. The third kappa shape index (κ3) is 3.72. The maximum atomic E-state index is 11.6. The van der Waals surface area contributed by atoms with Crippen molar-refractivity contribution in [2.75, 3.05) is 5.32 Å². The average molecular weight is 281 g/mol. The molecule has 3 nitrogen and oxygen atoms in total. The van der Waals surface area contributed by atoms with Crippen molar-refractivity contribution in [2.24, 2.45) is 5.92 Å². The van der Waals surface area contributed by atoms with Crippen LogP contribution in [0.5, 0.6) is 0 Å². The quantitative estimate of drug-likeness (QED) is 0.783. The Balaban J connectivity index is 2.39. The predicted octanol–water partition coefficient (Wildman–Crippen LogP) is 4.12. The van der Waals surface area contributed by atoms with Gasteiger partial charge in [0.25, 0.3) is 0 Å². The fraction of sp³-hybridized carbons (Fsp3) is 0.167. The van der Waals surface area contributed by atoms with Crippen LogP contribution in [0.1, 0.15) is 18.5 Å².